The molecule has 0 amide bonds. The van der Waals surface area contributed by atoms with E-state index in [0.717, 1.165) is 12.8 Å². The largest absolute Gasteiger partial charge is 0.480 e. The van der Waals surface area contributed by atoms with Crippen molar-refractivity contribution in [2.75, 3.05) is 11.4 Å². The fraction of sp³-hybridized carbons (Fsp3) is 0.462. The molecule has 20 heavy (non-hydrogen) atoms. The van der Waals surface area contributed by atoms with E-state index in [0.29, 0.717) is 18.7 Å². The van der Waals surface area contributed by atoms with Gasteiger partial charge in [0.1, 0.15) is 5.54 Å². The van der Waals surface area contributed by atoms with Crippen LogP contribution >= 0.6 is 0 Å². The third-order valence-electron chi connectivity index (χ3n) is 3.83. The number of hydrogen-bond donors (Lipinski definition) is 2. The second-order valence-electron chi connectivity index (χ2n) is 5.23. The first kappa shape index (κ1) is 14.8. The molecule has 2 rings (SSSR count). The molecule has 1 aliphatic rings. The summed E-state index contributed by atoms with van der Waals surface area (Å²) >= 11 is 0. The summed E-state index contributed by atoms with van der Waals surface area (Å²) in [7, 11) is -3.73. The number of primary sulfonamides is 1. The van der Waals surface area contributed by atoms with Gasteiger partial charge in [-0.3, -0.25) is 0 Å². The van der Waals surface area contributed by atoms with Gasteiger partial charge in [-0.1, -0.05) is 0 Å². The number of benzene rings is 1. The molecule has 1 atom stereocenters. The Balaban J connectivity index is 2.37. The lowest BCUT2D eigenvalue weighted by Crippen LogP contribution is -2.55. The minimum atomic E-state index is -3.73. The van der Waals surface area contributed by atoms with Crippen molar-refractivity contribution in [3.63, 3.8) is 0 Å². The molecule has 1 saturated heterocycles. The van der Waals surface area contributed by atoms with Gasteiger partial charge in [-0.25, -0.2) is 18.4 Å². The second-order valence-corrected chi connectivity index (χ2v) is 6.79. The van der Waals surface area contributed by atoms with Gasteiger partial charge in [0.05, 0.1) is 4.90 Å². The van der Waals surface area contributed by atoms with Crippen molar-refractivity contribution < 1.29 is 18.3 Å². The summed E-state index contributed by atoms with van der Waals surface area (Å²) in [6, 6.07) is 6.02. The molecule has 0 saturated carbocycles. The van der Waals surface area contributed by atoms with Crippen LogP contribution in [-0.4, -0.2) is 31.6 Å². The first-order valence-electron chi connectivity index (χ1n) is 6.39. The summed E-state index contributed by atoms with van der Waals surface area (Å²) in [5.74, 6) is -0.868. The van der Waals surface area contributed by atoms with Gasteiger partial charge < -0.3 is 10.0 Å². The highest BCUT2D eigenvalue weighted by Crippen LogP contribution is 2.33. The maximum Gasteiger partial charge on any atom is 0.329 e. The van der Waals surface area contributed by atoms with Gasteiger partial charge in [0, 0.05) is 12.2 Å². The number of nitrogens with zero attached hydrogens (tertiary/aromatic N) is 1. The number of anilines is 1. The van der Waals surface area contributed by atoms with Crippen molar-refractivity contribution >= 4 is 21.7 Å². The van der Waals surface area contributed by atoms with Gasteiger partial charge >= 0.3 is 5.97 Å². The SMILES string of the molecule is CC1(C(=O)O)CCCCN1c1ccc(S(N)(=O)=O)cc1. The number of sulfonamides is 1. The summed E-state index contributed by atoms with van der Waals surface area (Å²) in [4.78, 5) is 13.4. The topological polar surface area (TPSA) is 101 Å². The molecular weight excluding hydrogens is 280 g/mol. The van der Waals surface area contributed by atoms with E-state index in [2.05, 4.69) is 0 Å². The molecule has 7 heteroatoms. The van der Waals surface area contributed by atoms with Crippen LogP contribution in [-0.2, 0) is 14.8 Å². The highest BCUT2D eigenvalue weighted by Gasteiger charge is 2.41. The van der Waals surface area contributed by atoms with Crippen LogP contribution in [0.4, 0.5) is 5.69 Å². The Hall–Kier alpha value is -1.60. The number of carboxylic acid groups (broad SMARTS) is 1. The lowest BCUT2D eigenvalue weighted by molar-refractivity contribution is -0.143. The van der Waals surface area contributed by atoms with Crippen molar-refractivity contribution in [2.45, 2.75) is 36.6 Å². The Morgan fingerprint density at radius 3 is 2.40 bits per heavy atom. The molecule has 110 valence electrons. The van der Waals surface area contributed by atoms with Gasteiger partial charge in [-0.15, -0.1) is 0 Å². The highest BCUT2D eigenvalue weighted by molar-refractivity contribution is 7.89. The van der Waals surface area contributed by atoms with Crippen LogP contribution in [0, 0.1) is 0 Å². The monoisotopic (exact) mass is 298 g/mol. The molecule has 1 heterocycles. The quantitative estimate of drug-likeness (QED) is 0.872. The van der Waals surface area contributed by atoms with Crippen LogP contribution in [0.1, 0.15) is 26.2 Å². The first-order chi connectivity index (χ1) is 9.25. The van der Waals surface area contributed by atoms with Gasteiger partial charge in [0.2, 0.25) is 10.0 Å². The third-order valence-corrected chi connectivity index (χ3v) is 4.76. The Morgan fingerprint density at radius 2 is 1.90 bits per heavy atom. The maximum atomic E-state index is 11.5. The molecule has 0 spiro atoms. The van der Waals surface area contributed by atoms with Crippen LogP contribution in [0.5, 0.6) is 0 Å². The fourth-order valence-electron chi connectivity index (χ4n) is 2.57. The van der Waals surface area contributed by atoms with E-state index in [1.165, 1.54) is 12.1 Å². The van der Waals surface area contributed by atoms with Crippen molar-refractivity contribution in [2.24, 2.45) is 5.14 Å². The zero-order valence-electron chi connectivity index (χ0n) is 11.2. The van der Waals surface area contributed by atoms with E-state index in [-0.39, 0.29) is 4.90 Å². The molecule has 3 N–H and O–H groups in total. The predicted molar refractivity (Wildman–Crippen MR) is 75.1 cm³/mol. The average Bonchev–Trinajstić information content (AvgIpc) is 2.38. The molecule has 1 unspecified atom stereocenters. The number of hydrogen-bond acceptors (Lipinski definition) is 4. The van der Waals surface area contributed by atoms with E-state index in [9.17, 15) is 18.3 Å². The van der Waals surface area contributed by atoms with Crippen LogP contribution in [0.2, 0.25) is 0 Å². The lowest BCUT2D eigenvalue weighted by Gasteiger charge is -2.43. The molecule has 0 radical (unpaired) electrons. The molecule has 1 aliphatic heterocycles. The molecule has 0 bridgehead atoms. The summed E-state index contributed by atoms with van der Waals surface area (Å²) in [5.41, 5.74) is -0.261. The van der Waals surface area contributed by atoms with Crippen LogP contribution in [0.3, 0.4) is 0 Å². The smallest absolute Gasteiger partial charge is 0.329 e. The number of carbonyl (C=O) groups is 1. The Bertz CT molecular complexity index is 612. The number of carboxylic acids is 1. The van der Waals surface area contributed by atoms with E-state index in [1.807, 2.05) is 4.90 Å². The fourth-order valence-corrected chi connectivity index (χ4v) is 3.09. The molecular formula is C13H18N2O4S. The molecule has 1 aromatic rings. The number of piperidine rings is 1. The van der Waals surface area contributed by atoms with Crippen LogP contribution < -0.4 is 10.0 Å². The van der Waals surface area contributed by atoms with Crippen molar-refractivity contribution in [1.29, 1.82) is 0 Å². The lowest BCUT2D eigenvalue weighted by atomic mass is 9.88. The van der Waals surface area contributed by atoms with Gasteiger partial charge in [0.25, 0.3) is 0 Å². The predicted octanol–water partition coefficient (Wildman–Crippen LogP) is 1.17. The van der Waals surface area contributed by atoms with Crippen LogP contribution in [0.15, 0.2) is 29.2 Å². The first-order valence-corrected chi connectivity index (χ1v) is 7.94. The minimum Gasteiger partial charge on any atom is -0.480 e. The molecule has 6 nitrogen and oxygen atoms in total. The van der Waals surface area contributed by atoms with E-state index < -0.39 is 21.5 Å². The van der Waals surface area contributed by atoms with E-state index >= 15 is 0 Å². The summed E-state index contributed by atoms with van der Waals surface area (Å²) in [5, 5.41) is 14.5. The normalized spacial score (nSPS) is 23.6. The van der Waals surface area contributed by atoms with Crippen molar-refractivity contribution in [3.8, 4) is 0 Å². The zero-order valence-corrected chi connectivity index (χ0v) is 12.1. The highest BCUT2D eigenvalue weighted by atomic mass is 32.2. The van der Waals surface area contributed by atoms with Crippen LogP contribution in [0.25, 0.3) is 0 Å². The van der Waals surface area contributed by atoms with Crippen molar-refractivity contribution in [1.82, 2.24) is 0 Å². The number of aliphatic carboxylic acids is 1. The van der Waals surface area contributed by atoms with Gasteiger partial charge in [0.15, 0.2) is 0 Å². The molecule has 0 aromatic heterocycles. The molecule has 1 aromatic carbocycles. The molecule has 1 fully saturated rings. The maximum absolute atomic E-state index is 11.5. The Kier molecular flexibility index (Phi) is 3.75. The summed E-state index contributed by atoms with van der Waals surface area (Å²) in [6.07, 6.45) is 2.35. The van der Waals surface area contributed by atoms with Gasteiger partial charge in [-0.2, -0.15) is 0 Å². The summed E-state index contributed by atoms with van der Waals surface area (Å²) < 4.78 is 22.5. The average molecular weight is 298 g/mol. The zero-order chi connectivity index (χ0) is 15.0. The standard InChI is InChI=1S/C13H18N2O4S/c1-13(12(16)17)8-2-3-9-15(13)10-4-6-11(7-5-10)20(14,18)19/h4-7H,2-3,8-9H2,1H3,(H,16,17)(H2,14,18,19). The summed E-state index contributed by atoms with van der Waals surface area (Å²) in [6.45, 7) is 2.33. The number of nitrogens with two attached hydrogens (primary N) is 1. The molecule has 0 aliphatic carbocycles. The Labute approximate surface area is 118 Å². The minimum absolute atomic E-state index is 0.0234. The van der Waals surface area contributed by atoms with E-state index in [4.69, 9.17) is 5.14 Å². The number of rotatable bonds is 3. The Morgan fingerprint density at radius 1 is 1.30 bits per heavy atom. The van der Waals surface area contributed by atoms with Crippen molar-refractivity contribution in [3.05, 3.63) is 24.3 Å². The van der Waals surface area contributed by atoms with E-state index in [1.54, 1.807) is 19.1 Å². The van der Waals surface area contributed by atoms with Gasteiger partial charge in [-0.05, 0) is 50.5 Å². The third kappa shape index (κ3) is 2.64. The second kappa shape index (κ2) is 5.06.